The van der Waals surface area contributed by atoms with Crippen LogP contribution < -0.4 is 10.1 Å². The van der Waals surface area contributed by atoms with Gasteiger partial charge in [0, 0.05) is 31.3 Å². The fraction of sp³-hybridized carbons (Fsp3) is 0.632. The predicted molar refractivity (Wildman–Crippen MR) is 93.5 cm³/mol. The molecule has 5 heteroatoms. The van der Waals surface area contributed by atoms with Gasteiger partial charge in [0.15, 0.2) is 0 Å². The molecule has 2 aliphatic rings. The van der Waals surface area contributed by atoms with Crippen LogP contribution in [0.4, 0.5) is 0 Å². The highest BCUT2D eigenvalue weighted by Gasteiger charge is 2.26. The van der Waals surface area contributed by atoms with E-state index in [2.05, 4.69) is 12.2 Å². The summed E-state index contributed by atoms with van der Waals surface area (Å²) in [5.41, 5.74) is 0.709. The molecule has 1 N–H and O–H groups in total. The highest BCUT2D eigenvalue weighted by molar-refractivity contribution is 5.94. The Morgan fingerprint density at radius 2 is 2.33 bits per heavy atom. The Kier molecular flexibility index (Phi) is 6.10. The highest BCUT2D eigenvalue weighted by atomic mass is 16.5. The summed E-state index contributed by atoms with van der Waals surface area (Å²) in [6, 6.07) is 7.85. The highest BCUT2D eigenvalue weighted by Crippen LogP contribution is 2.20. The van der Waals surface area contributed by atoms with Gasteiger partial charge in [0.2, 0.25) is 0 Å². The maximum atomic E-state index is 13.0. The molecule has 1 aromatic carbocycles. The lowest BCUT2D eigenvalue weighted by Crippen LogP contribution is -2.42. The molecule has 132 valence electrons. The first-order valence-electron chi connectivity index (χ1n) is 9.14. The van der Waals surface area contributed by atoms with Crippen LogP contribution in [-0.2, 0) is 4.74 Å². The summed E-state index contributed by atoms with van der Waals surface area (Å²) in [6.07, 6.45) is 4.34. The Labute approximate surface area is 144 Å². The number of hydrogen-bond acceptors (Lipinski definition) is 4. The van der Waals surface area contributed by atoms with E-state index in [-0.39, 0.29) is 12.0 Å². The molecule has 3 rings (SSSR count). The van der Waals surface area contributed by atoms with E-state index in [0.29, 0.717) is 18.2 Å². The van der Waals surface area contributed by atoms with Crippen molar-refractivity contribution in [1.82, 2.24) is 10.2 Å². The van der Waals surface area contributed by atoms with E-state index in [9.17, 15) is 4.79 Å². The smallest absolute Gasteiger partial charge is 0.254 e. The second-order valence-electron chi connectivity index (χ2n) is 6.62. The molecule has 2 heterocycles. The van der Waals surface area contributed by atoms with E-state index in [1.54, 1.807) is 0 Å². The zero-order chi connectivity index (χ0) is 16.8. The third-order valence-electron chi connectivity index (χ3n) is 4.74. The lowest BCUT2D eigenvalue weighted by molar-refractivity contribution is 0.0671. The quantitative estimate of drug-likeness (QED) is 0.833. The molecule has 0 saturated carbocycles. The van der Waals surface area contributed by atoms with Crippen molar-refractivity contribution in [3.8, 4) is 5.75 Å². The maximum Gasteiger partial charge on any atom is 0.254 e. The number of rotatable bonds is 7. The minimum absolute atomic E-state index is 0.105. The summed E-state index contributed by atoms with van der Waals surface area (Å²) >= 11 is 0. The minimum Gasteiger partial charge on any atom is -0.491 e. The molecular formula is C19H28N2O3. The molecule has 24 heavy (non-hydrogen) atoms. The molecule has 0 spiro atoms. The van der Waals surface area contributed by atoms with Crippen molar-refractivity contribution < 1.29 is 14.3 Å². The number of benzene rings is 1. The Hall–Kier alpha value is -1.59. The number of nitrogens with one attached hydrogen (secondary N) is 1. The Morgan fingerprint density at radius 1 is 1.42 bits per heavy atom. The van der Waals surface area contributed by atoms with Crippen LogP contribution in [0.3, 0.4) is 0 Å². The van der Waals surface area contributed by atoms with Crippen LogP contribution in [0.1, 0.15) is 43.0 Å². The van der Waals surface area contributed by atoms with Crippen LogP contribution in [0.15, 0.2) is 24.3 Å². The van der Waals surface area contributed by atoms with E-state index in [1.807, 2.05) is 29.2 Å². The first kappa shape index (κ1) is 17.2. The van der Waals surface area contributed by atoms with E-state index < -0.39 is 0 Å². The van der Waals surface area contributed by atoms with Gasteiger partial charge >= 0.3 is 0 Å². The summed E-state index contributed by atoms with van der Waals surface area (Å²) in [7, 11) is 0. The molecule has 0 radical (unpaired) electrons. The third-order valence-corrected chi connectivity index (χ3v) is 4.74. The summed E-state index contributed by atoms with van der Waals surface area (Å²) in [5, 5.41) is 3.35. The molecule has 0 bridgehead atoms. The number of nitrogens with zero attached hydrogens (tertiary/aromatic N) is 1. The first-order chi connectivity index (χ1) is 11.8. The Balaban J connectivity index is 1.65. The normalized spacial score (nSPS) is 23.4. The van der Waals surface area contributed by atoms with Gasteiger partial charge in [0.05, 0.1) is 6.10 Å². The molecular weight excluding hydrogens is 304 g/mol. The second kappa shape index (κ2) is 8.49. The standard InChI is InChI=1S/C19H28N2O3/c1-2-10-21(16-8-9-20-13-16)19(22)15-5-3-6-17(12-15)24-14-18-7-4-11-23-18/h3,5-6,12,16,18,20H,2,4,7-11,13-14H2,1H3. The molecule has 1 amide bonds. The van der Waals surface area contributed by atoms with Crippen LogP contribution in [0.25, 0.3) is 0 Å². The predicted octanol–water partition coefficient (Wildman–Crippen LogP) is 2.46. The van der Waals surface area contributed by atoms with Gasteiger partial charge in [0.25, 0.3) is 5.91 Å². The van der Waals surface area contributed by atoms with E-state index in [4.69, 9.17) is 9.47 Å². The van der Waals surface area contributed by atoms with Crippen LogP contribution in [0.2, 0.25) is 0 Å². The topological polar surface area (TPSA) is 50.8 Å². The van der Waals surface area contributed by atoms with E-state index >= 15 is 0 Å². The van der Waals surface area contributed by atoms with Gasteiger partial charge in [0.1, 0.15) is 12.4 Å². The van der Waals surface area contributed by atoms with Crippen molar-refractivity contribution in [2.45, 2.75) is 44.8 Å². The van der Waals surface area contributed by atoms with Crippen LogP contribution >= 0.6 is 0 Å². The van der Waals surface area contributed by atoms with Gasteiger partial charge in [-0.1, -0.05) is 13.0 Å². The molecule has 5 nitrogen and oxygen atoms in total. The minimum atomic E-state index is 0.105. The molecule has 2 unspecified atom stereocenters. The number of carbonyl (C=O) groups is 1. The van der Waals surface area contributed by atoms with Crippen LogP contribution in [-0.4, -0.2) is 55.8 Å². The number of ether oxygens (including phenoxy) is 2. The van der Waals surface area contributed by atoms with Crippen LogP contribution in [0, 0.1) is 0 Å². The summed E-state index contributed by atoms with van der Waals surface area (Å²) < 4.78 is 11.4. The Bertz CT molecular complexity index is 537. The first-order valence-corrected chi connectivity index (χ1v) is 9.14. The van der Waals surface area contributed by atoms with Crippen molar-refractivity contribution in [3.05, 3.63) is 29.8 Å². The molecule has 2 atom stereocenters. The zero-order valence-corrected chi connectivity index (χ0v) is 14.5. The van der Waals surface area contributed by atoms with Crippen molar-refractivity contribution in [3.63, 3.8) is 0 Å². The lowest BCUT2D eigenvalue weighted by atomic mass is 10.1. The molecule has 2 fully saturated rings. The van der Waals surface area contributed by atoms with Gasteiger partial charge in [-0.3, -0.25) is 4.79 Å². The summed E-state index contributed by atoms with van der Waals surface area (Å²) in [4.78, 5) is 15.0. The number of carbonyl (C=O) groups excluding carboxylic acids is 1. The molecule has 0 aliphatic carbocycles. The zero-order valence-electron chi connectivity index (χ0n) is 14.5. The van der Waals surface area contributed by atoms with Gasteiger partial charge in [-0.2, -0.15) is 0 Å². The van der Waals surface area contributed by atoms with Gasteiger partial charge < -0.3 is 19.7 Å². The lowest BCUT2D eigenvalue weighted by Gasteiger charge is -2.28. The average molecular weight is 332 g/mol. The van der Waals surface area contributed by atoms with Crippen molar-refractivity contribution in [2.75, 3.05) is 32.8 Å². The van der Waals surface area contributed by atoms with Crippen molar-refractivity contribution >= 4 is 5.91 Å². The summed E-state index contributed by atoms with van der Waals surface area (Å²) in [6.45, 7) is 6.18. The van der Waals surface area contributed by atoms with E-state index in [1.165, 1.54) is 0 Å². The average Bonchev–Trinajstić information content (AvgIpc) is 3.31. The fourth-order valence-electron chi connectivity index (χ4n) is 3.45. The maximum absolute atomic E-state index is 13.0. The number of hydrogen-bond donors (Lipinski definition) is 1. The monoisotopic (exact) mass is 332 g/mol. The van der Waals surface area contributed by atoms with Crippen molar-refractivity contribution in [1.29, 1.82) is 0 Å². The van der Waals surface area contributed by atoms with Crippen molar-refractivity contribution in [2.24, 2.45) is 0 Å². The van der Waals surface area contributed by atoms with Gasteiger partial charge in [-0.05, 0) is 50.4 Å². The SMILES string of the molecule is CCCN(C(=O)c1cccc(OCC2CCCO2)c1)C1CCNC1. The Morgan fingerprint density at radius 3 is 3.04 bits per heavy atom. The van der Waals surface area contributed by atoms with Gasteiger partial charge in [-0.25, -0.2) is 0 Å². The fourth-order valence-corrected chi connectivity index (χ4v) is 3.45. The molecule has 2 aliphatic heterocycles. The third kappa shape index (κ3) is 4.28. The number of amides is 1. The summed E-state index contributed by atoms with van der Waals surface area (Å²) in [5.74, 6) is 0.852. The van der Waals surface area contributed by atoms with E-state index in [0.717, 1.165) is 57.7 Å². The largest absolute Gasteiger partial charge is 0.491 e. The molecule has 1 aromatic rings. The molecule has 2 saturated heterocycles. The molecule has 0 aromatic heterocycles. The second-order valence-corrected chi connectivity index (χ2v) is 6.62. The van der Waals surface area contributed by atoms with Crippen LogP contribution in [0.5, 0.6) is 5.75 Å². The van der Waals surface area contributed by atoms with Gasteiger partial charge in [-0.15, -0.1) is 0 Å².